The van der Waals surface area contributed by atoms with Gasteiger partial charge in [0.25, 0.3) is 0 Å². The molecular weight excluding hydrogens is 298 g/mol. The average Bonchev–Trinajstić information content (AvgIpc) is 2.64. The Morgan fingerprint density at radius 1 is 1.08 bits per heavy atom. The summed E-state index contributed by atoms with van der Waals surface area (Å²) < 4.78 is 5.25. The average molecular weight is 321 g/mol. The van der Waals surface area contributed by atoms with E-state index >= 15 is 0 Å². The highest BCUT2D eigenvalue weighted by Crippen LogP contribution is 2.42. The summed E-state index contributed by atoms with van der Waals surface area (Å²) in [5.74, 6) is -0.257. The van der Waals surface area contributed by atoms with Crippen LogP contribution in [-0.4, -0.2) is 13.1 Å². The van der Waals surface area contributed by atoms with Crippen molar-refractivity contribution < 1.29 is 9.53 Å². The Labute approximate surface area is 143 Å². The molecule has 0 aromatic heterocycles. The van der Waals surface area contributed by atoms with E-state index in [9.17, 15) is 4.79 Å². The number of nitriles is 1. The molecule has 0 saturated heterocycles. The fourth-order valence-electron chi connectivity index (χ4n) is 3.44. The van der Waals surface area contributed by atoms with Gasteiger partial charge in [-0.25, -0.2) is 0 Å². The van der Waals surface area contributed by atoms with E-state index in [4.69, 9.17) is 10.00 Å². The molecule has 0 amide bonds. The van der Waals surface area contributed by atoms with Gasteiger partial charge in [-0.1, -0.05) is 67.6 Å². The second-order valence-electron chi connectivity index (χ2n) is 5.98. The summed E-state index contributed by atoms with van der Waals surface area (Å²) in [5.41, 5.74) is 0.979. The standard InChI is InChI=1S/C21H23NO2/c1-17(11-9-10-16-22)21(20(23)24-2,18-12-5-3-6-13-18)19-14-7-4-8-15-19/h3-8,12-15,17H,9-11H2,1-2H3. The Morgan fingerprint density at radius 3 is 2.00 bits per heavy atom. The van der Waals surface area contributed by atoms with Crippen LogP contribution in [0, 0.1) is 17.2 Å². The zero-order valence-electron chi connectivity index (χ0n) is 14.2. The first-order valence-electron chi connectivity index (χ1n) is 8.24. The van der Waals surface area contributed by atoms with Crippen molar-refractivity contribution >= 4 is 5.97 Å². The number of ether oxygens (including phenoxy) is 1. The van der Waals surface area contributed by atoms with Gasteiger partial charge in [-0.15, -0.1) is 0 Å². The van der Waals surface area contributed by atoms with Gasteiger partial charge in [0.1, 0.15) is 5.41 Å². The third-order valence-corrected chi connectivity index (χ3v) is 4.63. The van der Waals surface area contributed by atoms with E-state index in [2.05, 4.69) is 13.0 Å². The molecular formula is C21H23NO2. The summed E-state index contributed by atoms with van der Waals surface area (Å²) in [7, 11) is 1.44. The Morgan fingerprint density at radius 2 is 1.58 bits per heavy atom. The minimum absolute atomic E-state index is 0.00287. The smallest absolute Gasteiger partial charge is 0.321 e. The molecule has 1 unspecified atom stereocenters. The fourth-order valence-corrected chi connectivity index (χ4v) is 3.44. The van der Waals surface area contributed by atoms with Gasteiger partial charge in [0.15, 0.2) is 0 Å². The molecule has 3 nitrogen and oxygen atoms in total. The van der Waals surface area contributed by atoms with Gasteiger partial charge in [-0.3, -0.25) is 4.79 Å². The van der Waals surface area contributed by atoms with Crippen molar-refractivity contribution in [2.45, 2.75) is 31.6 Å². The highest BCUT2D eigenvalue weighted by Gasteiger charge is 2.47. The molecule has 0 saturated carbocycles. The number of unbranched alkanes of at least 4 members (excludes halogenated alkanes) is 1. The number of hydrogen-bond donors (Lipinski definition) is 0. The molecule has 0 radical (unpaired) electrons. The lowest BCUT2D eigenvalue weighted by atomic mass is 9.65. The molecule has 0 aliphatic heterocycles. The zero-order valence-corrected chi connectivity index (χ0v) is 14.2. The molecule has 0 heterocycles. The molecule has 124 valence electrons. The molecule has 0 aliphatic rings. The predicted octanol–water partition coefficient (Wildman–Crippen LogP) is 4.48. The third kappa shape index (κ3) is 3.33. The predicted molar refractivity (Wildman–Crippen MR) is 94.3 cm³/mol. The van der Waals surface area contributed by atoms with E-state index in [1.165, 1.54) is 7.11 Å². The van der Waals surface area contributed by atoms with Crippen LogP contribution >= 0.6 is 0 Å². The number of esters is 1. The topological polar surface area (TPSA) is 50.1 Å². The van der Waals surface area contributed by atoms with Gasteiger partial charge < -0.3 is 4.74 Å². The van der Waals surface area contributed by atoms with Crippen LogP contribution in [0.3, 0.4) is 0 Å². The number of rotatable bonds is 7. The number of hydrogen-bond acceptors (Lipinski definition) is 3. The number of methoxy groups -OCH3 is 1. The molecule has 1 atom stereocenters. The van der Waals surface area contributed by atoms with Gasteiger partial charge in [0.05, 0.1) is 13.2 Å². The van der Waals surface area contributed by atoms with Gasteiger partial charge in [0.2, 0.25) is 0 Å². The summed E-state index contributed by atoms with van der Waals surface area (Å²) in [4.78, 5) is 13.0. The van der Waals surface area contributed by atoms with Crippen LogP contribution in [0.1, 0.15) is 37.3 Å². The fraction of sp³-hybridized carbons (Fsp3) is 0.333. The second-order valence-corrected chi connectivity index (χ2v) is 5.98. The molecule has 0 aliphatic carbocycles. The van der Waals surface area contributed by atoms with Crippen LogP contribution in [0.2, 0.25) is 0 Å². The van der Waals surface area contributed by atoms with Crippen LogP contribution in [0.25, 0.3) is 0 Å². The summed E-state index contributed by atoms with van der Waals surface area (Å²) in [6.45, 7) is 2.06. The van der Waals surface area contributed by atoms with Crippen LogP contribution in [0.4, 0.5) is 0 Å². The SMILES string of the molecule is COC(=O)C(c1ccccc1)(c1ccccc1)C(C)CCCC#N. The van der Waals surface area contributed by atoms with Gasteiger partial charge in [-0.2, -0.15) is 5.26 Å². The van der Waals surface area contributed by atoms with Crippen molar-refractivity contribution in [1.29, 1.82) is 5.26 Å². The van der Waals surface area contributed by atoms with E-state index in [-0.39, 0.29) is 11.9 Å². The normalized spacial score (nSPS) is 12.2. The highest BCUT2D eigenvalue weighted by atomic mass is 16.5. The second kappa shape index (κ2) is 8.31. The molecule has 2 rings (SSSR count). The van der Waals surface area contributed by atoms with Crippen molar-refractivity contribution in [2.75, 3.05) is 7.11 Å². The molecule has 0 fully saturated rings. The van der Waals surface area contributed by atoms with Gasteiger partial charge >= 0.3 is 5.97 Å². The Bertz CT molecular complexity index is 649. The first-order valence-corrected chi connectivity index (χ1v) is 8.24. The monoisotopic (exact) mass is 321 g/mol. The van der Waals surface area contributed by atoms with Crippen LogP contribution in [0.5, 0.6) is 0 Å². The van der Waals surface area contributed by atoms with Crippen molar-refractivity contribution in [2.24, 2.45) is 5.92 Å². The van der Waals surface area contributed by atoms with E-state index < -0.39 is 5.41 Å². The van der Waals surface area contributed by atoms with E-state index in [1.54, 1.807) is 0 Å². The van der Waals surface area contributed by atoms with Crippen molar-refractivity contribution in [3.8, 4) is 6.07 Å². The molecule has 0 N–H and O–H groups in total. The first-order chi connectivity index (χ1) is 11.7. The summed E-state index contributed by atoms with van der Waals surface area (Å²) >= 11 is 0. The zero-order chi connectivity index (χ0) is 17.4. The minimum Gasteiger partial charge on any atom is -0.468 e. The highest BCUT2D eigenvalue weighted by molar-refractivity contribution is 5.88. The molecule has 3 heteroatoms. The molecule has 0 bridgehead atoms. The van der Waals surface area contributed by atoms with E-state index in [0.29, 0.717) is 6.42 Å². The Hall–Kier alpha value is -2.60. The van der Waals surface area contributed by atoms with Crippen molar-refractivity contribution in [3.05, 3.63) is 71.8 Å². The summed E-state index contributed by atoms with van der Waals surface area (Å²) in [5, 5.41) is 8.83. The Kier molecular flexibility index (Phi) is 6.14. The van der Waals surface area contributed by atoms with Crippen LogP contribution in [-0.2, 0) is 14.9 Å². The number of carbonyl (C=O) groups excluding carboxylic acids is 1. The molecule has 2 aromatic carbocycles. The van der Waals surface area contributed by atoms with Crippen LogP contribution in [0.15, 0.2) is 60.7 Å². The lowest BCUT2D eigenvalue weighted by Crippen LogP contribution is -2.44. The number of carbonyl (C=O) groups is 1. The van der Waals surface area contributed by atoms with E-state index in [0.717, 1.165) is 24.0 Å². The van der Waals surface area contributed by atoms with Crippen molar-refractivity contribution in [1.82, 2.24) is 0 Å². The third-order valence-electron chi connectivity index (χ3n) is 4.63. The maximum Gasteiger partial charge on any atom is 0.321 e. The minimum atomic E-state index is -0.868. The van der Waals surface area contributed by atoms with E-state index in [1.807, 2.05) is 60.7 Å². The maximum absolute atomic E-state index is 13.0. The maximum atomic E-state index is 13.0. The largest absolute Gasteiger partial charge is 0.468 e. The van der Waals surface area contributed by atoms with Gasteiger partial charge in [0, 0.05) is 6.42 Å². The first kappa shape index (κ1) is 17.7. The van der Waals surface area contributed by atoms with Crippen molar-refractivity contribution in [3.63, 3.8) is 0 Å². The van der Waals surface area contributed by atoms with Gasteiger partial charge in [-0.05, 0) is 29.9 Å². The molecule has 0 spiro atoms. The summed E-state index contributed by atoms with van der Waals surface area (Å²) in [6, 6.07) is 21.7. The number of benzene rings is 2. The van der Waals surface area contributed by atoms with Crippen LogP contribution < -0.4 is 0 Å². The molecule has 2 aromatic rings. The quantitative estimate of drug-likeness (QED) is 0.558. The Balaban J connectivity index is 2.61. The summed E-state index contributed by atoms with van der Waals surface area (Å²) in [6.07, 6.45) is 2.02. The molecule has 24 heavy (non-hydrogen) atoms. The lowest BCUT2D eigenvalue weighted by Gasteiger charge is -2.37. The number of nitrogens with zero attached hydrogens (tertiary/aromatic N) is 1. The lowest BCUT2D eigenvalue weighted by molar-refractivity contribution is -0.148.